The topological polar surface area (TPSA) is 92.5 Å². The summed E-state index contributed by atoms with van der Waals surface area (Å²) in [6.07, 6.45) is 1.78. The number of sulfonamides is 1. The maximum atomic E-state index is 13.1. The van der Waals surface area contributed by atoms with E-state index in [0.717, 1.165) is 12.0 Å². The monoisotopic (exact) mass is 407 g/mol. The number of halogens is 1. The van der Waals surface area contributed by atoms with E-state index >= 15 is 0 Å². The van der Waals surface area contributed by atoms with Gasteiger partial charge >= 0.3 is 0 Å². The molecule has 1 unspecified atom stereocenters. The second-order valence-corrected chi connectivity index (χ2v) is 8.90. The molecule has 1 heterocycles. The highest BCUT2D eigenvalue weighted by Crippen LogP contribution is 2.40. The predicted molar refractivity (Wildman–Crippen MR) is 106 cm³/mol. The van der Waals surface area contributed by atoms with Crippen LogP contribution in [0.1, 0.15) is 36.4 Å². The van der Waals surface area contributed by atoms with E-state index < -0.39 is 10.0 Å². The van der Waals surface area contributed by atoms with Crippen molar-refractivity contribution in [2.75, 3.05) is 17.9 Å². The molecule has 1 amide bonds. The molecule has 0 saturated heterocycles. The van der Waals surface area contributed by atoms with Crippen LogP contribution in [0.2, 0.25) is 5.02 Å². The van der Waals surface area contributed by atoms with Gasteiger partial charge in [-0.2, -0.15) is 0 Å². The first-order valence-electron chi connectivity index (χ1n) is 8.71. The van der Waals surface area contributed by atoms with Crippen LogP contribution in [0.3, 0.4) is 0 Å². The third kappa shape index (κ3) is 3.95. The number of unbranched alkanes of at least 4 members (excludes halogenated alkanes) is 1. The first-order valence-corrected chi connectivity index (χ1v) is 10.5. The summed E-state index contributed by atoms with van der Waals surface area (Å²) in [4.78, 5) is 11.1. The Kier molecular flexibility index (Phi) is 5.74. The highest BCUT2D eigenvalue weighted by Gasteiger charge is 2.34. The van der Waals surface area contributed by atoms with Crippen LogP contribution in [-0.2, 0) is 14.8 Å². The Bertz CT molecular complexity index is 962. The molecule has 3 N–H and O–H groups in total. The first-order chi connectivity index (χ1) is 12.8. The number of hydrogen-bond acceptors (Lipinski definition) is 4. The first kappa shape index (κ1) is 19.7. The number of fused-ring (bicyclic) bond motifs is 2. The fourth-order valence-corrected chi connectivity index (χ4v) is 5.04. The molecule has 3 rings (SSSR count). The van der Waals surface area contributed by atoms with Gasteiger partial charge in [-0.15, -0.1) is 0 Å². The van der Waals surface area contributed by atoms with Crippen molar-refractivity contribution >= 4 is 33.2 Å². The van der Waals surface area contributed by atoms with Gasteiger partial charge in [-0.1, -0.05) is 35.9 Å². The number of nitrogens with zero attached hydrogens (tertiary/aromatic N) is 1. The Morgan fingerprint density at radius 3 is 2.67 bits per heavy atom. The molecule has 144 valence electrons. The number of primary amides is 1. The number of carbonyl (C=O) groups is 1. The zero-order valence-corrected chi connectivity index (χ0v) is 16.6. The minimum atomic E-state index is -3.72. The number of para-hydroxylation sites is 1. The molecule has 0 aliphatic carbocycles. The van der Waals surface area contributed by atoms with Gasteiger partial charge in [0.25, 0.3) is 10.0 Å². The Labute approximate surface area is 164 Å². The minimum Gasteiger partial charge on any atom is -0.370 e. The maximum absolute atomic E-state index is 13.1. The molecule has 1 atom stereocenters. The van der Waals surface area contributed by atoms with Gasteiger partial charge in [-0.25, -0.2) is 8.42 Å². The van der Waals surface area contributed by atoms with E-state index in [1.807, 2.05) is 18.2 Å². The third-order valence-electron chi connectivity index (χ3n) is 4.71. The molecule has 1 aliphatic heterocycles. The number of amides is 1. The number of nitrogens with one attached hydrogen (secondary N) is 1. The fourth-order valence-electron chi connectivity index (χ4n) is 3.32. The summed E-state index contributed by atoms with van der Waals surface area (Å²) in [5.41, 5.74) is 7.34. The molecular weight excluding hydrogens is 386 g/mol. The summed E-state index contributed by atoms with van der Waals surface area (Å²) in [6.45, 7) is 0.623. The summed E-state index contributed by atoms with van der Waals surface area (Å²) in [5.74, 6) is -0.317. The molecule has 0 spiro atoms. The van der Waals surface area contributed by atoms with E-state index in [1.54, 1.807) is 25.2 Å². The van der Waals surface area contributed by atoms with Crippen molar-refractivity contribution < 1.29 is 13.2 Å². The molecule has 1 aliphatic rings. The van der Waals surface area contributed by atoms with Crippen LogP contribution >= 0.6 is 11.6 Å². The molecular formula is C19H22ClN3O3S. The summed E-state index contributed by atoms with van der Waals surface area (Å²) in [5, 5.41) is 3.81. The number of nitrogens with two attached hydrogens (primary N) is 1. The quantitative estimate of drug-likeness (QED) is 0.720. The predicted octanol–water partition coefficient (Wildman–Crippen LogP) is 2.81. The number of rotatable bonds is 6. The van der Waals surface area contributed by atoms with Crippen molar-refractivity contribution in [3.63, 3.8) is 0 Å². The molecule has 8 heteroatoms. The van der Waals surface area contributed by atoms with Gasteiger partial charge in [0.1, 0.15) is 0 Å². The number of hydrogen-bond donors (Lipinski definition) is 2. The Balaban J connectivity index is 2.01. The standard InChI is InChI=1S/C19H22ClN3O3S/c1-23-16-7-3-2-6-14(16)19(22-11-5-4-8-18(21)24)15-10-9-13(20)12-17(15)27(23,25)26/h2-3,6-7,9-10,12,19,22H,4-5,8,11H2,1H3,(H2,21,24). The number of carbonyl (C=O) groups excluding carboxylic acids is 1. The van der Waals surface area contributed by atoms with Gasteiger partial charge in [0.05, 0.1) is 16.6 Å². The molecule has 2 aromatic carbocycles. The molecule has 0 saturated carbocycles. The molecule has 0 fully saturated rings. The zero-order valence-electron chi connectivity index (χ0n) is 15.0. The molecule has 2 aromatic rings. The van der Waals surface area contributed by atoms with Crippen LogP contribution in [0.4, 0.5) is 5.69 Å². The van der Waals surface area contributed by atoms with Crippen LogP contribution in [0.15, 0.2) is 47.4 Å². The SMILES string of the molecule is CN1c2ccccc2C(NCCCCC(N)=O)c2ccc(Cl)cc2S1(=O)=O. The van der Waals surface area contributed by atoms with Crippen molar-refractivity contribution in [1.82, 2.24) is 5.32 Å². The summed E-state index contributed by atoms with van der Waals surface area (Å²) >= 11 is 6.09. The van der Waals surface area contributed by atoms with Crippen LogP contribution in [0.5, 0.6) is 0 Å². The van der Waals surface area contributed by atoms with Gasteiger partial charge < -0.3 is 11.1 Å². The summed E-state index contributed by atoms with van der Waals surface area (Å²) in [7, 11) is -2.18. The second kappa shape index (κ2) is 7.88. The van der Waals surface area contributed by atoms with Crippen LogP contribution in [0, 0.1) is 0 Å². The second-order valence-electron chi connectivity index (χ2n) is 6.52. The van der Waals surface area contributed by atoms with Gasteiger partial charge in [-0.3, -0.25) is 9.10 Å². The highest BCUT2D eigenvalue weighted by atomic mass is 35.5. The maximum Gasteiger partial charge on any atom is 0.264 e. The molecule has 0 bridgehead atoms. The van der Waals surface area contributed by atoms with E-state index in [-0.39, 0.29) is 16.8 Å². The zero-order chi connectivity index (χ0) is 19.6. The fraction of sp³-hybridized carbons (Fsp3) is 0.316. The lowest BCUT2D eigenvalue weighted by Gasteiger charge is -2.22. The third-order valence-corrected chi connectivity index (χ3v) is 6.77. The largest absolute Gasteiger partial charge is 0.370 e. The van der Waals surface area contributed by atoms with Crippen LogP contribution < -0.4 is 15.4 Å². The average Bonchev–Trinajstić information content (AvgIpc) is 2.70. The molecule has 6 nitrogen and oxygen atoms in total. The highest BCUT2D eigenvalue weighted by molar-refractivity contribution is 7.92. The van der Waals surface area contributed by atoms with Crippen molar-refractivity contribution in [3.05, 3.63) is 58.6 Å². The summed E-state index contributed by atoms with van der Waals surface area (Å²) in [6, 6.07) is 12.1. The average molecular weight is 408 g/mol. The van der Waals surface area contributed by atoms with E-state index in [2.05, 4.69) is 5.32 Å². The number of anilines is 1. The van der Waals surface area contributed by atoms with Crippen molar-refractivity contribution in [1.29, 1.82) is 0 Å². The Hall–Kier alpha value is -2.09. The summed E-state index contributed by atoms with van der Waals surface area (Å²) < 4.78 is 27.5. The van der Waals surface area contributed by atoms with Crippen LogP contribution in [0.25, 0.3) is 0 Å². The number of benzene rings is 2. The molecule has 0 aromatic heterocycles. The molecule has 0 radical (unpaired) electrons. The van der Waals surface area contributed by atoms with Gasteiger partial charge in [0.2, 0.25) is 5.91 Å². The van der Waals surface area contributed by atoms with E-state index in [9.17, 15) is 13.2 Å². The normalized spacial score (nSPS) is 17.7. The lowest BCUT2D eigenvalue weighted by molar-refractivity contribution is -0.118. The van der Waals surface area contributed by atoms with Crippen molar-refractivity contribution in [3.8, 4) is 0 Å². The lowest BCUT2D eigenvalue weighted by Crippen LogP contribution is -2.26. The minimum absolute atomic E-state index is 0.198. The van der Waals surface area contributed by atoms with Gasteiger partial charge in [0, 0.05) is 18.5 Å². The van der Waals surface area contributed by atoms with Gasteiger partial charge in [0.15, 0.2) is 0 Å². The Morgan fingerprint density at radius 1 is 1.19 bits per heavy atom. The smallest absolute Gasteiger partial charge is 0.264 e. The van der Waals surface area contributed by atoms with E-state index in [0.29, 0.717) is 35.7 Å². The lowest BCUT2D eigenvalue weighted by atomic mass is 9.96. The van der Waals surface area contributed by atoms with Crippen LogP contribution in [-0.4, -0.2) is 27.9 Å². The van der Waals surface area contributed by atoms with Crippen molar-refractivity contribution in [2.45, 2.75) is 30.2 Å². The van der Waals surface area contributed by atoms with Gasteiger partial charge in [-0.05, 0) is 48.7 Å². The van der Waals surface area contributed by atoms with E-state index in [1.165, 1.54) is 10.4 Å². The van der Waals surface area contributed by atoms with E-state index in [4.69, 9.17) is 17.3 Å². The molecule has 27 heavy (non-hydrogen) atoms. The van der Waals surface area contributed by atoms with Crippen molar-refractivity contribution in [2.24, 2.45) is 5.73 Å². The Morgan fingerprint density at radius 2 is 1.93 bits per heavy atom.